The number of nitrogens with zero attached hydrogens (tertiary/aromatic N) is 2. The molecule has 1 aromatic carbocycles. The Kier molecular flexibility index (Phi) is 8.09. The third kappa shape index (κ3) is 7.03. The summed E-state index contributed by atoms with van der Waals surface area (Å²) in [7, 11) is 3.49. The number of benzene rings is 1. The Morgan fingerprint density at radius 2 is 2.09 bits per heavy atom. The van der Waals surface area contributed by atoms with Gasteiger partial charge in [0.15, 0.2) is 5.96 Å². The van der Waals surface area contributed by atoms with Crippen LogP contribution in [0.4, 0.5) is 0 Å². The van der Waals surface area contributed by atoms with Crippen LogP contribution in [0.2, 0.25) is 0 Å². The molecule has 0 spiro atoms. The molecular formula is C17H27BrN4O. The molecule has 0 fully saturated rings. The first-order chi connectivity index (χ1) is 10.8. The number of likely N-dealkylation sites (N-methyl/N-ethyl adjacent to an activating group) is 1. The van der Waals surface area contributed by atoms with Crippen LogP contribution in [-0.4, -0.2) is 43.4 Å². The molecule has 2 N–H and O–H groups in total. The molecule has 1 atom stereocenters. The fraction of sp³-hybridized carbons (Fsp3) is 0.529. The number of hydrogen-bond acceptors (Lipinski definition) is 2. The van der Waals surface area contributed by atoms with E-state index in [0.29, 0.717) is 18.5 Å². The van der Waals surface area contributed by atoms with Gasteiger partial charge in [-0.05, 0) is 43.5 Å². The first kappa shape index (κ1) is 19.5. The molecule has 1 rings (SSSR count). The van der Waals surface area contributed by atoms with E-state index < -0.39 is 0 Å². The topological polar surface area (TPSA) is 56.7 Å². The van der Waals surface area contributed by atoms with Crippen LogP contribution in [0.5, 0.6) is 0 Å². The fourth-order valence-corrected chi connectivity index (χ4v) is 2.28. The summed E-state index contributed by atoms with van der Waals surface area (Å²) in [6.45, 7) is 7.07. The minimum absolute atomic E-state index is 0.0171. The second-order valence-electron chi connectivity index (χ2n) is 5.83. The predicted molar refractivity (Wildman–Crippen MR) is 99.6 cm³/mol. The predicted octanol–water partition coefficient (Wildman–Crippen LogP) is 2.68. The van der Waals surface area contributed by atoms with Crippen molar-refractivity contribution in [2.45, 2.75) is 39.8 Å². The molecule has 1 amide bonds. The van der Waals surface area contributed by atoms with E-state index in [1.807, 2.05) is 6.07 Å². The number of carbonyl (C=O) groups is 1. The van der Waals surface area contributed by atoms with Crippen LogP contribution >= 0.6 is 15.9 Å². The van der Waals surface area contributed by atoms with Gasteiger partial charge in [0.25, 0.3) is 0 Å². The average Bonchev–Trinajstić information content (AvgIpc) is 2.50. The Bertz CT molecular complexity index is 558. The van der Waals surface area contributed by atoms with Gasteiger partial charge in [0.1, 0.15) is 0 Å². The van der Waals surface area contributed by atoms with E-state index in [0.717, 1.165) is 16.5 Å². The van der Waals surface area contributed by atoms with Crippen LogP contribution in [-0.2, 0) is 11.3 Å². The SMILES string of the molecule is CCC(C)NC(=NCc1ccc(Br)cc1C)NCC(=O)N(C)C. The number of halogens is 1. The smallest absolute Gasteiger partial charge is 0.241 e. The lowest BCUT2D eigenvalue weighted by Gasteiger charge is -2.18. The number of rotatable bonds is 6. The Labute approximate surface area is 147 Å². The maximum atomic E-state index is 11.7. The molecule has 0 aliphatic heterocycles. The van der Waals surface area contributed by atoms with Crippen LogP contribution in [0, 0.1) is 6.92 Å². The highest BCUT2D eigenvalue weighted by molar-refractivity contribution is 9.10. The molecule has 0 bridgehead atoms. The molecule has 1 aromatic rings. The lowest BCUT2D eigenvalue weighted by molar-refractivity contribution is -0.127. The highest BCUT2D eigenvalue weighted by Gasteiger charge is 2.08. The minimum Gasteiger partial charge on any atom is -0.354 e. The van der Waals surface area contributed by atoms with Gasteiger partial charge >= 0.3 is 0 Å². The number of aliphatic imine (C=N–C) groups is 1. The van der Waals surface area contributed by atoms with E-state index in [1.165, 1.54) is 5.56 Å². The normalized spacial score (nSPS) is 12.7. The number of hydrogen-bond donors (Lipinski definition) is 2. The summed E-state index contributed by atoms with van der Waals surface area (Å²) >= 11 is 3.47. The minimum atomic E-state index is 0.0171. The van der Waals surface area contributed by atoms with E-state index in [9.17, 15) is 4.79 Å². The molecule has 1 unspecified atom stereocenters. The monoisotopic (exact) mass is 382 g/mol. The molecule has 0 saturated carbocycles. The zero-order valence-electron chi connectivity index (χ0n) is 14.6. The summed E-state index contributed by atoms with van der Waals surface area (Å²) < 4.78 is 1.07. The van der Waals surface area contributed by atoms with Gasteiger partial charge in [-0.2, -0.15) is 0 Å². The maximum Gasteiger partial charge on any atom is 0.241 e. The van der Waals surface area contributed by atoms with Crippen molar-refractivity contribution < 1.29 is 4.79 Å². The molecule has 128 valence electrons. The fourth-order valence-electron chi connectivity index (χ4n) is 1.81. The third-order valence-electron chi connectivity index (χ3n) is 3.61. The van der Waals surface area contributed by atoms with Gasteiger partial charge in [-0.3, -0.25) is 4.79 Å². The maximum absolute atomic E-state index is 11.7. The van der Waals surface area contributed by atoms with Crippen LogP contribution < -0.4 is 10.6 Å². The van der Waals surface area contributed by atoms with Crippen molar-refractivity contribution in [1.82, 2.24) is 15.5 Å². The van der Waals surface area contributed by atoms with Crippen LogP contribution in [0.3, 0.4) is 0 Å². The van der Waals surface area contributed by atoms with E-state index >= 15 is 0 Å². The van der Waals surface area contributed by atoms with E-state index in [2.05, 4.69) is 64.5 Å². The quantitative estimate of drug-likeness (QED) is 0.587. The molecule has 5 nitrogen and oxygen atoms in total. The molecule has 0 heterocycles. The van der Waals surface area contributed by atoms with Gasteiger partial charge in [-0.25, -0.2) is 4.99 Å². The third-order valence-corrected chi connectivity index (χ3v) is 4.11. The zero-order chi connectivity index (χ0) is 17.4. The zero-order valence-corrected chi connectivity index (χ0v) is 16.2. The number of amides is 1. The van der Waals surface area contributed by atoms with Crippen molar-refractivity contribution in [3.8, 4) is 0 Å². The van der Waals surface area contributed by atoms with Gasteiger partial charge in [-0.15, -0.1) is 0 Å². The summed E-state index contributed by atoms with van der Waals surface area (Å²) in [5.74, 6) is 0.681. The lowest BCUT2D eigenvalue weighted by Crippen LogP contribution is -2.45. The van der Waals surface area contributed by atoms with Crippen LogP contribution in [0.1, 0.15) is 31.4 Å². The molecule has 0 saturated heterocycles. The average molecular weight is 383 g/mol. The Morgan fingerprint density at radius 1 is 1.39 bits per heavy atom. The van der Waals surface area contributed by atoms with Crippen molar-refractivity contribution in [3.05, 3.63) is 33.8 Å². The van der Waals surface area contributed by atoms with Gasteiger partial charge in [0.05, 0.1) is 13.1 Å². The van der Waals surface area contributed by atoms with Crippen LogP contribution in [0.25, 0.3) is 0 Å². The van der Waals surface area contributed by atoms with Crippen molar-refractivity contribution >= 4 is 27.8 Å². The summed E-state index contributed by atoms with van der Waals surface area (Å²) in [5, 5.41) is 6.43. The van der Waals surface area contributed by atoms with Crippen molar-refractivity contribution in [2.75, 3.05) is 20.6 Å². The molecule has 23 heavy (non-hydrogen) atoms. The molecule has 0 aromatic heterocycles. The standard InChI is InChI=1S/C17H27BrN4O/c1-6-13(3)21-17(20-11-16(23)22(4)5)19-10-14-7-8-15(18)9-12(14)2/h7-9,13H,6,10-11H2,1-5H3,(H2,19,20,21). The number of aryl methyl sites for hydroxylation is 1. The summed E-state index contributed by atoms with van der Waals surface area (Å²) in [4.78, 5) is 17.9. The van der Waals surface area contributed by atoms with E-state index in [-0.39, 0.29) is 12.5 Å². The summed E-state index contributed by atoms with van der Waals surface area (Å²) in [6, 6.07) is 6.45. The first-order valence-corrected chi connectivity index (χ1v) is 8.62. The van der Waals surface area contributed by atoms with Crippen molar-refractivity contribution in [2.24, 2.45) is 4.99 Å². The van der Waals surface area contributed by atoms with Crippen molar-refractivity contribution in [1.29, 1.82) is 0 Å². The summed E-state index contributed by atoms with van der Waals surface area (Å²) in [6.07, 6.45) is 0.986. The molecule has 6 heteroatoms. The van der Waals surface area contributed by atoms with Gasteiger partial charge in [0.2, 0.25) is 5.91 Å². The molecule has 0 aliphatic rings. The van der Waals surface area contributed by atoms with Crippen LogP contribution in [0.15, 0.2) is 27.7 Å². The number of carbonyl (C=O) groups excluding carboxylic acids is 1. The molecule has 0 radical (unpaired) electrons. The molecular weight excluding hydrogens is 356 g/mol. The van der Waals surface area contributed by atoms with Crippen molar-refractivity contribution in [3.63, 3.8) is 0 Å². The van der Waals surface area contributed by atoms with Gasteiger partial charge in [-0.1, -0.05) is 28.9 Å². The second-order valence-corrected chi connectivity index (χ2v) is 6.75. The number of nitrogens with one attached hydrogen (secondary N) is 2. The number of guanidine groups is 1. The highest BCUT2D eigenvalue weighted by Crippen LogP contribution is 2.16. The summed E-state index contributed by atoms with van der Waals surface area (Å²) in [5.41, 5.74) is 2.35. The largest absolute Gasteiger partial charge is 0.354 e. The second kappa shape index (κ2) is 9.55. The Balaban J connectivity index is 2.78. The highest BCUT2D eigenvalue weighted by atomic mass is 79.9. The van der Waals surface area contributed by atoms with E-state index in [4.69, 9.17) is 0 Å². The Hall–Kier alpha value is -1.56. The van der Waals surface area contributed by atoms with E-state index in [1.54, 1.807) is 19.0 Å². The van der Waals surface area contributed by atoms with Gasteiger partial charge in [0, 0.05) is 24.6 Å². The first-order valence-electron chi connectivity index (χ1n) is 7.83. The lowest BCUT2D eigenvalue weighted by atomic mass is 10.1. The Morgan fingerprint density at radius 3 is 2.65 bits per heavy atom. The van der Waals surface area contributed by atoms with Gasteiger partial charge < -0.3 is 15.5 Å². The molecule has 0 aliphatic carbocycles.